The zero-order chi connectivity index (χ0) is 17.2. The summed E-state index contributed by atoms with van der Waals surface area (Å²) in [6.07, 6.45) is -0.476. The van der Waals surface area contributed by atoms with Crippen molar-refractivity contribution in [2.45, 2.75) is 31.9 Å². The molecule has 1 aliphatic heterocycles. The van der Waals surface area contributed by atoms with Crippen LogP contribution in [0.1, 0.15) is 20.8 Å². The molecule has 0 saturated carbocycles. The van der Waals surface area contributed by atoms with Gasteiger partial charge in [-0.05, 0) is 15.4 Å². The lowest BCUT2D eigenvalue weighted by Crippen LogP contribution is -2.68. The maximum Gasteiger partial charge on any atom is 0.262 e. The summed E-state index contributed by atoms with van der Waals surface area (Å²) in [5.41, 5.74) is 0. The number of Topliss-reactive ketones (excluding diaryl/α,β-unsaturated/α-hetero) is 1. The van der Waals surface area contributed by atoms with Crippen molar-refractivity contribution in [1.82, 2.24) is 0 Å². The average Bonchev–Trinajstić information content (AvgIpc) is 2.98. The molecule has 2 aromatic rings. The van der Waals surface area contributed by atoms with Crippen LogP contribution in [0.4, 0.5) is 0 Å². The van der Waals surface area contributed by atoms with Crippen LogP contribution >= 0.6 is 0 Å². The van der Waals surface area contributed by atoms with E-state index in [0.29, 0.717) is 6.61 Å². The molecule has 1 aliphatic rings. The first-order chi connectivity index (χ1) is 11.4. The molecule has 1 saturated heterocycles. The van der Waals surface area contributed by atoms with Gasteiger partial charge in [-0.3, -0.25) is 4.79 Å². The molecule has 0 aromatic heterocycles. The monoisotopic (exact) mass is 340 g/mol. The second-order valence-corrected chi connectivity index (χ2v) is 11.5. The number of carbonyl (C=O) groups is 1. The SMILES string of the molecule is CC(C)(C)[Si](O[C@H]1COCC1=O)(c1ccccc1)c1ccccc1. The molecule has 3 rings (SSSR count). The van der Waals surface area contributed by atoms with E-state index >= 15 is 0 Å². The highest BCUT2D eigenvalue weighted by Gasteiger charge is 2.52. The first-order valence-corrected chi connectivity index (χ1v) is 10.3. The lowest BCUT2D eigenvalue weighted by atomic mass is 10.2. The van der Waals surface area contributed by atoms with Gasteiger partial charge in [-0.15, -0.1) is 0 Å². The number of benzene rings is 2. The molecule has 0 bridgehead atoms. The highest BCUT2D eigenvalue weighted by molar-refractivity contribution is 6.99. The van der Waals surface area contributed by atoms with Crippen molar-refractivity contribution in [2.75, 3.05) is 13.2 Å². The van der Waals surface area contributed by atoms with E-state index in [0.717, 1.165) is 0 Å². The molecule has 24 heavy (non-hydrogen) atoms. The van der Waals surface area contributed by atoms with E-state index in [9.17, 15) is 4.79 Å². The van der Waals surface area contributed by atoms with Crippen LogP contribution in [0.15, 0.2) is 60.7 Å². The molecule has 1 fully saturated rings. The third-order valence-electron chi connectivity index (χ3n) is 4.61. The van der Waals surface area contributed by atoms with Gasteiger partial charge in [0.05, 0.1) is 6.61 Å². The van der Waals surface area contributed by atoms with Gasteiger partial charge >= 0.3 is 0 Å². The molecule has 1 atom stereocenters. The van der Waals surface area contributed by atoms with Crippen molar-refractivity contribution in [3.63, 3.8) is 0 Å². The molecule has 0 unspecified atom stereocenters. The first kappa shape index (κ1) is 17.1. The highest BCUT2D eigenvalue weighted by Crippen LogP contribution is 2.37. The van der Waals surface area contributed by atoms with Crippen LogP contribution in [0.25, 0.3) is 0 Å². The van der Waals surface area contributed by atoms with Crippen molar-refractivity contribution in [2.24, 2.45) is 0 Å². The van der Waals surface area contributed by atoms with E-state index in [1.807, 2.05) is 36.4 Å². The normalized spacial score (nSPS) is 18.8. The number of carbonyl (C=O) groups excluding carboxylic acids is 1. The van der Waals surface area contributed by atoms with Crippen molar-refractivity contribution < 1.29 is 14.0 Å². The molecule has 0 aliphatic carbocycles. The summed E-state index contributed by atoms with van der Waals surface area (Å²) in [6, 6.07) is 20.7. The fraction of sp³-hybridized carbons (Fsp3) is 0.350. The van der Waals surface area contributed by atoms with Gasteiger partial charge in [-0.25, -0.2) is 0 Å². The lowest BCUT2D eigenvalue weighted by Gasteiger charge is -2.44. The Bertz CT molecular complexity index is 652. The Balaban J connectivity index is 2.19. The summed E-state index contributed by atoms with van der Waals surface area (Å²) in [6.45, 7) is 7.13. The molecule has 1 heterocycles. The summed E-state index contributed by atoms with van der Waals surface area (Å²) >= 11 is 0. The zero-order valence-corrected chi connectivity index (χ0v) is 15.5. The number of hydrogen-bond acceptors (Lipinski definition) is 3. The topological polar surface area (TPSA) is 35.5 Å². The number of rotatable bonds is 4. The van der Waals surface area contributed by atoms with E-state index in [1.54, 1.807) is 0 Å². The molecule has 0 spiro atoms. The molecule has 3 nitrogen and oxygen atoms in total. The van der Waals surface area contributed by atoms with Gasteiger partial charge < -0.3 is 9.16 Å². The van der Waals surface area contributed by atoms with Gasteiger partial charge in [0.15, 0.2) is 5.78 Å². The van der Waals surface area contributed by atoms with Gasteiger partial charge in [0.1, 0.15) is 12.7 Å². The maximum atomic E-state index is 12.2. The van der Waals surface area contributed by atoms with Gasteiger partial charge in [-0.1, -0.05) is 81.4 Å². The second-order valence-electron chi connectivity index (χ2n) is 7.25. The van der Waals surface area contributed by atoms with E-state index in [-0.39, 0.29) is 17.4 Å². The smallest absolute Gasteiger partial charge is 0.262 e. The standard InChI is InChI=1S/C20H24O3Si/c1-20(2,3)24(16-10-6-4-7-11-16,17-12-8-5-9-13-17)23-19-15-22-14-18(19)21/h4-13,19H,14-15H2,1-3H3/t19-/m0/s1. The Hall–Kier alpha value is -1.75. The fourth-order valence-corrected chi connectivity index (χ4v) is 8.10. The molecule has 2 aromatic carbocycles. The summed E-state index contributed by atoms with van der Waals surface area (Å²) in [4.78, 5) is 12.2. The Morgan fingerprint density at radius 3 is 1.83 bits per heavy atom. The van der Waals surface area contributed by atoms with Gasteiger partial charge in [0.25, 0.3) is 8.32 Å². The van der Waals surface area contributed by atoms with Crippen LogP contribution in [-0.2, 0) is 14.0 Å². The van der Waals surface area contributed by atoms with Crippen molar-refractivity contribution in [1.29, 1.82) is 0 Å². The van der Waals surface area contributed by atoms with Gasteiger partial charge in [0, 0.05) is 0 Å². The van der Waals surface area contributed by atoms with Crippen LogP contribution < -0.4 is 10.4 Å². The number of ether oxygens (including phenoxy) is 1. The molecular weight excluding hydrogens is 316 g/mol. The van der Waals surface area contributed by atoms with E-state index in [1.165, 1.54) is 10.4 Å². The van der Waals surface area contributed by atoms with Crippen LogP contribution in [0.3, 0.4) is 0 Å². The first-order valence-electron chi connectivity index (χ1n) is 8.34. The van der Waals surface area contributed by atoms with E-state index in [4.69, 9.17) is 9.16 Å². The van der Waals surface area contributed by atoms with Crippen LogP contribution in [0.5, 0.6) is 0 Å². The summed E-state index contributed by atoms with van der Waals surface area (Å²) in [5, 5.41) is 2.24. The molecule has 0 N–H and O–H groups in total. The lowest BCUT2D eigenvalue weighted by molar-refractivity contribution is -0.122. The van der Waals surface area contributed by atoms with Gasteiger partial charge in [0.2, 0.25) is 0 Å². The molecule has 0 radical (unpaired) electrons. The maximum absolute atomic E-state index is 12.2. The van der Waals surface area contributed by atoms with Crippen LogP contribution in [0.2, 0.25) is 5.04 Å². The third kappa shape index (κ3) is 2.97. The summed E-state index contributed by atoms with van der Waals surface area (Å²) in [7, 11) is -2.66. The van der Waals surface area contributed by atoms with Crippen LogP contribution in [-0.4, -0.2) is 33.4 Å². The zero-order valence-electron chi connectivity index (χ0n) is 14.5. The summed E-state index contributed by atoms with van der Waals surface area (Å²) < 4.78 is 12.1. The Morgan fingerprint density at radius 1 is 0.958 bits per heavy atom. The number of ketones is 1. The second kappa shape index (κ2) is 6.63. The molecule has 4 heteroatoms. The predicted octanol–water partition coefficient (Wildman–Crippen LogP) is 2.53. The quantitative estimate of drug-likeness (QED) is 0.803. The predicted molar refractivity (Wildman–Crippen MR) is 98.3 cm³/mol. The van der Waals surface area contributed by atoms with E-state index in [2.05, 4.69) is 45.0 Å². The largest absolute Gasteiger partial charge is 0.395 e. The minimum atomic E-state index is -2.66. The Morgan fingerprint density at radius 2 is 1.46 bits per heavy atom. The van der Waals surface area contributed by atoms with Gasteiger partial charge in [-0.2, -0.15) is 0 Å². The average molecular weight is 340 g/mol. The Labute approximate surface area is 144 Å². The minimum Gasteiger partial charge on any atom is -0.395 e. The molecule has 0 amide bonds. The molecular formula is C20H24O3Si. The van der Waals surface area contributed by atoms with E-state index < -0.39 is 14.4 Å². The highest BCUT2D eigenvalue weighted by atomic mass is 28.4. The molecule has 126 valence electrons. The Kier molecular flexibility index (Phi) is 4.72. The number of hydrogen-bond donors (Lipinski definition) is 0. The van der Waals surface area contributed by atoms with Crippen molar-refractivity contribution in [3.8, 4) is 0 Å². The minimum absolute atomic E-state index is 0.0444. The summed E-state index contributed by atoms with van der Waals surface area (Å²) in [5.74, 6) is 0.0444. The van der Waals surface area contributed by atoms with Crippen LogP contribution in [0, 0.1) is 0 Å². The van der Waals surface area contributed by atoms with Crippen molar-refractivity contribution in [3.05, 3.63) is 60.7 Å². The third-order valence-corrected chi connectivity index (χ3v) is 9.65. The fourth-order valence-electron chi connectivity index (χ4n) is 3.46. The van der Waals surface area contributed by atoms with Crippen molar-refractivity contribution >= 4 is 24.5 Å².